The number of aliphatic carboxylic acids is 1. The maximum Gasteiger partial charge on any atom is 0.349 e. The minimum absolute atomic E-state index is 0.154. The summed E-state index contributed by atoms with van der Waals surface area (Å²) in [7, 11) is 1.49. The van der Waals surface area contributed by atoms with Crippen LogP contribution in [0.3, 0.4) is 0 Å². The molecule has 7 heteroatoms. The largest absolute Gasteiger partial charge is 0.497 e. The molecule has 0 radical (unpaired) electrons. The number of amides is 1. The summed E-state index contributed by atoms with van der Waals surface area (Å²) in [4.78, 5) is 24.8. The van der Waals surface area contributed by atoms with E-state index in [1.807, 2.05) is 6.07 Å². The lowest BCUT2D eigenvalue weighted by Crippen LogP contribution is -2.58. The van der Waals surface area contributed by atoms with Gasteiger partial charge in [-0.15, -0.1) is 0 Å². The van der Waals surface area contributed by atoms with Crippen LogP contribution < -0.4 is 20.5 Å². The summed E-state index contributed by atoms with van der Waals surface area (Å²) >= 11 is 0. The van der Waals surface area contributed by atoms with Gasteiger partial charge in [-0.3, -0.25) is 10.5 Å². The fraction of sp³-hybridized carbons (Fsp3) is 0.0909. The quantitative estimate of drug-likeness (QED) is 0.533. The number of carboxylic acid groups (broad SMARTS) is 1. The first-order valence-corrected chi connectivity index (χ1v) is 8.75. The second-order valence-electron chi connectivity index (χ2n) is 6.21. The summed E-state index contributed by atoms with van der Waals surface area (Å²) in [5.74, 6) is -0.733. The van der Waals surface area contributed by atoms with Crippen LogP contribution in [0.5, 0.6) is 17.2 Å². The van der Waals surface area contributed by atoms with Gasteiger partial charge >= 0.3 is 5.97 Å². The molecular weight excluding hydrogens is 372 g/mol. The van der Waals surface area contributed by atoms with Crippen LogP contribution >= 0.6 is 0 Å². The number of ether oxygens (including phenoxy) is 2. The molecule has 7 nitrogen and oxygen atoms in total. The van der Waals surface area contributed by atoms with Crippen molar-refractivity contribution in [1.82, 2.24) is 5.32 Å². The Hall–Kier alpha value is -3.84. The predicted molar refractivity (Wildman–Crippen MR) is 107 cm³/mol. The van der Waals surface area contributed by atoms with Crippen molar-refractivity contribution in [3.8, 4) is 17.2 Å². The lowest BCUT2D eigenvalue weighted by molar-refractivity contribution is -0.144. The molecule has 0 aliphatic rings. The number of hydrogen-bond acceptors (Lipinski definition) is 5. The molecule has 148 valence electrons. The van der Waals surface area contributed by atoms with Crippen molar-refractivity contribution in [2.75, 3.05) is 7.11 Å². The number of carbonyl (C=O) groups is 2. The van der Waals surface area contributed by atoms with Crippen molar-refractivity contribution >= 4 is 11.9 Å². The number of para-hydroxylation sites is 2. The van der Waals surface area contributed by atoms with Crippen molar-refractivity contribution in [2.24, 2.45) is 5.73 Å². The van der Waals surface area contributed by atoms with Gasteiger partial charge in [0.25, 0.3) is 5.91 Å². The molecule has 1 atom stereocenters. The van der Waals surface area contributed by atoms with E-state index in [1.54, 1.807) is 54.6 Å². The molecule has 3 aromatic rings. The summed E-state index contributed by atoms with van der Waals surface area (Å²) in [6.07, 6.45) is 0. The molecule has 0 fully saturated rings. The molecule has 0 aliphatic heterocycles. The second kappa shape index (κ2) is 8.45. The molecule has 0 aliphatic carbocycles. The van der Waals surface area contributed by atoms with Gasteiger partial charge in [0, 0.05) is 5.56 Å². The normalized spacial score (nSPS) is 12.5. The third kappa shape index (κ3) is 4.36. The molecule has 0 aromatic heterocycles. The molecule has 0 heterocycles. The van der Waals surface area contributed by atoms with Gasteiger partial charge in [0.05, 0.1) is 12.7 Å². The summed E-state index contributed by atoms with van der Waals surface area (Å²) in [5.41, 5.74) is 4.29. The van der Waals surface area contributed by atoms with Crippen molar-refractivity contribution in [2.45, 2.75) is 5.66 Å². The Morgan fingerprint density at radius 1 is 0.897 bits per heavy atom. The summed E-state index contributed by atoms with van der Waals surface area (Å²) in [6.45, 7) is 0. The van der Waals surface area contributed by atoms with E-state index in [0.717, 1.165) is 0 Å². The van der Waals surface area contributed by atoms with Gasteiger partial charge in [0.15, 0.2) is 0 Å². The Kier molecular flexibility index (Phi) is 5.80. The highest BCUT2D eigenvalue weighted by Gasteiger charge is 2.38. The van der Waals surface area contributed by atoms with Gasteiger partial charge in [0.1, 0.15) is 17.2 Å². The van der Waals surface area contributed by atoms with E-state index in [0.29, 0.717) is 11.5 Å². The van der Waals surface area contributed by atoms with Crippen LogP contribution in [0.15, 0.2) is 78.9 Å². The average Bonchev–Trinajstić information content (AvgIpc) is 2.74. The smallest absolute Gasteiger partial charge is 0.349 e. The number of nitrogens with one attached hydrogen (secondary N) is 1. The van der Waals surface area contributed by atoms with Crippen LogP contribution in [-0.4, -0.2) is 24.1 Å². The average molecular weight is 392 g/mol. The summed E-state index contributed by atoms with van der Waals surface area (Å²) in [5, 5.41) is 12.1. The minimum atomic E-state index is -2.14. The first-order chi connectivity index (χ1) is 13.9. The Bertz CT molecular complexity index is 1010. The van der Waals surface area contributed by atoms with E-state index in [4.69, 9.17) is 15.2 Å². The lowest BCUT2D eigenvalue weighted by atomic mass is 9.99. The van der Waals surface area contributed by atoms with Crippen molar-refractivity contribution in [1.29, 1.82) is 0 Å². The van der Waals surface area contributed by atoms with Crippen LogP contribution in [0.25, 0.3) is 0 Å². The van der Waals surface area contributed by atoms with Crippen LogP contribution in [0.1, 0.15) is 15.9 Å². The Morgan fingerprint density at radius 2 is 1.52 bits per heavy atom. The number of methoxy groups -OCH3 is 1. The van der Waals surface area contributed by atoms with E-state index in [-0.39, 0.29) is 16.9 Å². The highest BCUT2D eigenvalue weighted by atomic mass is 16.5. The number of nitrogens with two attached hydrogens (primary N) is 1. The maximum atomic E-state index is 12.9. The highest BCUT2D eigenvalue weighted by Crippen LogP contribution is 2.26. The number of rotatable bonds is 7. The zero-order chi connectivity index (χ0) is 20.9. The third-order valence-corrected chi connectivity index (χ3v) is 4.30. The van der Waals surface area contributed by atoms with Crippen molar-refractivity contribution in [3.05, 3.63) is 90.0 Å². The fourth-order valence-electron chi connectivity index (χ4n) is 2.71. The third-order valence-electron chi connectivity index (χ3n) is 4.30. The van der Waals surface area contributed by atoms with Gasteiger partial charge in [-0.25, -0.2) is 4.79 Å². The SMILES string of the molecule is COc1ccc(C(N)(NC(=O)c2ccccc2Oc2ccccc2)C(=O)O)cc1. The van der Waals surface area contributed by atoms with E-state index >= 15 is 0 Å². The molecular formula is C22H20N2O5. The van der Waals surface area contributed by atoms with Gasteiger partial charge in [0.2, 0.25) is 5.66 Å². The molecule has 0 bridgehead atoms. The molecule has 4 N–H and O–H groups in total. The van der Waals surface area contributed by atoms with Gasteiger partial charge in [-0.2, -0.15) is 0 Å². The van der Waals surface area contributed by atoms with Crippen LogP contribution in [0, 0.1) is 0 Å². The number of hydrogen-bond donors (Lipinski definition) is 3. The molecule has 0 spiro atoms. The zero-order valence-electron chi connectivity index (χ0n) is 15.7. The van der Waals surface area contributed by atoms with Gasteiger partial charge in [-0.1, -0.05) is 42.5 Å². The topological polar surface area (TPSA) is 111 Å². The Labute approximate surface area is 167 Å². The fourth-order valence-corrected chi connectivity index (χ4v) is 2.71. The van der Waals surface area contributed by atoms with E-state index in [1.165, 1.54) is 25.3 Å². The molecule has 29 heavy (non-hydrogen) atoms. The van der Waals surface area contributed by atoms with Gasteiger partial charge in [-0.05, 0) is 36.4 Å². The van der Waals surface area contributed by atoms with E-state index in [9.17, 15) is 14.7 Å². The monoisotopic (exact) mass is 392 g/mol. The molecule has 0 saturated carbocycles. The van der Waals surface area contributed by atoms with Gasteiger partial charge < -0.3 is 19.9 Å². The van der Waals surface area contributed by atoms with Crippen LogP contribution in [-0.2, 0) is 10.5 Å². The highest BCUT2D eigenvalue weighted by molar-refractivity contribution is 6.00. The summed E-state index contributed by atoms with van der Waals surface area (Å²) < 4.78 is 10.8. The van der Waals surface area contributed by atoms with Crippen LogP contribution in [0.2, 0.25) is 0 Å². The van der Waals surface area contributed by atoms with Crippen molar-refractivity contribution in [3.63, 3.8) is 0 Å². The molecule has 3 aromatic carbocycles. The first-order valence-electron chi connectivity index (χ1n) is 8.75. The first kappa shape index (κ1) is 19.9. The van der Waals surface area contributed by atoms with Crippen LogP contribution in [0.4, 0.5) is 0 Å². The molecule has 1 amide bonds. The van der Waals surface area contributed by atoms with E-state index in [2.05, 4.69) is 5.32 Å². The molecule has 3 rings (SSSR count). The molecule has 0 saturated heterocycles. The maximum absolute atomic E-state index is 12.9. The number of carbonyl (C=O) groups excluding carboxylic acids is 1. The minimum Gasteiger partial charge on any atom is -0.497 e. The van der Waals surface area contributed by atoms with E-state index < -0.39 is 17.5 Å². The number of carboxylic acids is 1. The predicted octanol–water partition coefficient (Wildman–Crippen LogP) is 3.11. The lowest BCUT2D eigenvalue weighted by Gasteiger charge is -2.27. The zero-order valence-corrected chi connectivity index (χ0v) is 15.7. The Morgan fingerprint density at radius 3 is 2.14 bits per heavy atom. The summed E-state index contributed by atoms with van der Waals surface area (Å²) in [6, 6.07) is 21.6. The molecule has 1 unspecified atom stereocenters. The standard InChI is InChI=1S/C22H20N2O5/c1-28-16-13-11-15(12-14-16)22(23,21(26)27)24-20(25)18-9-5-6-10-19(18)29-17-7-3-2-4-8-17/h2-14H,23H2,1H3,(H,24,25)(H,26,27). The Balaban J connectivity index is 1.90. The second-order valence-corrected chi connectivity index (χ2v) is 6.21. The number of benzene rings is 3. The van der Waals surface area contributed by atoms with Crippen molar-refractivity contribution < 1.29 is 24.2 Å².